The van der Waals surface area contributed by atoms with E-state index in [2.05, 4.69) is 41.7 Å². The first-order chi connectivity index (χ1) is 10.2. The van der Waals surface area contributed by atoms with E-state index in [1.165, 1.54) is 30.0 Å². The van der Waals surface area contributed by atoms with Gasteiger partial charge in [0, 0.05) is 17.0 Å². The van der Waals surface area contributed by atoms with E-state index in [0.717, 1.165) is 36.9 Å². The van der Waals surface area contributed by atoms with Gasteiger partial charge in [-0.2, -0.15) is 0 Å². The molecule has 0 spiro atoms. The van der Waals surface area contributed by atoms with Gasteiger partial charge in [-0.1, -0.05) is 6.92 Å². The first-order valence-electron chi connectivity index (χ1n) is 7.92. The molecule has 1 aliphatic rings. The topological polar surface area (TPSA) is 38.1 Å². The van der Waals surface area contributed by atoms with Crippen molar-refractivity contribution in [3.05, 3.63) is 39.7 Å². The highest BCUT2D eigenvalue weighted by atomic mass is 32.1. The quantitative estimate of drug-likeness (QED) is 0.740. The molecule has 3 nitrogen and oxygen atoms in total. The molecule has 2 unspecified atom stereocenters. The van der Waals surface area contributed by atoms with Gasteiger partial charge in [0.05, 0.1) is 11.6 Å². The lowest BCUT2D eigenvalue weighted by molar-refractivity contribution is 0.442. The van der Waals surface area contributed by atoms with Gasteiger partial charge in [0.2, 0.25) is 0 Å². The number of thiazole rings is 1. The molecule has 3 rings (SSSR count). The largest absolute Gasteiger partial charge is 0.464 e. The van der Waals surface area contributed by atoms with Crippen LogP contribution >= 0.6 is 11.3 Å². The Labute approximate surface area is 130 Å². The predicted octanol–water partition coefficient (Wildman–Crippen LogP) is 4.28. The number of nitrogens with zero attached hydrogens (tertiary/aromatic N) is 1. The summed E-state index contributed by atoms with van der Waals surface area (Å²) in [6.07, 6.45) is 4.77. The van der Waals surface area contributed by atoms with Crippen LogP contribution in [0.3, 0.4) is 0 Å². The van der Waals surface area contributed by atoms with Gasteiger partial charge >= 0.3 is 0 Å². The normalized spacial score (nSPS) is 20.9. The number of aryl methyl sites for hydroxylation is 2. The molecule has 1 fully saturated rings. The molecule has 0 aliphatic heterocycles. The summed E-state index contributed by atoms with van der Waals surface area (Å²) in [5, 5.41) is 6.86. The first kappa shape index (κ1) is 14.8. The minimum atomic E-state index is 0.681. The standard InChI is InChI=1S/C17H24N2OS/c1-12-9-15(12)16-7-6-14(20-16)10-18-8-4-3-5-17-19-13(2)11-21-17/h6-7,11-12,15,18H,3-5,8-10H2,1-2H3. The average Bonchev–Trinajstić information content (AvgIpc) is 2.89. The molecule has 2 aromatic heterocycles. The summed E-state index contributed by atoms with van der Waals surface area (Å²) in [6, 6.07) is 4.27. The molecule has 0 amide bonds. The lowest BCUT2D eigenvalue weighted by Crippen LogP contribution is -2.14. The molecule has 1 aliphatic carbocycles. The maximum atomic E-state index is 5.89. The van der Waals surface area contributed by atoms with Crippen molar-refractivity contribution in [3.8, 4) is 0 Å². The van der Waals surface area contributed by atoms with Crippen LogP contribution in [0.15, 0.2) is 21.9 Å². The van der Waals surface area contributed by atoms with Crippen molar-refractivity contribution >= 4 is 11.3 Å². The van der Waals surface area contributed by atoms with Crippen molar-refractivity contribution in [1.82, 2.24) is 10.3 Å². The fourth-order valence-electron chi connectivity index (χ4n) is 2.66. The SMILES string of the molecule is Cc1csc(CCCCNCc2ccc(C3CC3C)o2)n1. The number of nitrogens with one attached hydrogen (secondary N) is 1. The third-order valence-corrected chi connectivity index (χ3v) is 5.14. The Morgan fingerprint density at radius 3 is 2.95 bits per heavy atom. The molecular formula is C17H24N2OS. The molecule has 0 aromatic carbocycles. The van der Waals surface area contributed by atoms with Crippen molar-refractivity contribution in [2.75, 3.05) is 6.54 Å². The number of rotatable bonds is 8. The molecule has 0 bridgehead atoms. The molecule has 4 heteroatoms. The van der Waals surface area contributed by atoms with Crippen molar-refractivity contribution in [2.24, 2.45) is 5.92 Å². The summed E-state index contributed by atoms with van der Waals surface area (Å²) < 4.78 is 5.89. The highest BCUT2D eigenvalue weighted by Crippen LogP contribution is 2.47. The Hall–Kier alpha value is -1.13. The molecule has 2 aromatic rings. The Balaban J connectivity index is 1.29. The van der Waals surface area contributed by atoms with E-state index in [1.807, 2.05) is 0 Å². The summed E-state index contributed by atoms with van der Waals surface area (Å²) in [7, 11) is 0. The smallest absolute Gasteiger partial charge is 0.117 e. The molecule has 1 saturated carbocycles. The minimum Gasteiger partial charge on any atom is -0.464 e. The fourth-order valence-corrected chi connectivity index (χ4v) is 3.48. The second-order valence-corrected chi connectivity index (χ2v) is 7.08. The van der Waals surface area contributed by atoms with E-state index in [9.17, 15) is 0 Å². The summed E-state index contributed by atoms with van der Waals surface area (Å²) in [4.78, 5) is 4.49. The van der Waals surface area contributed by atoms with Crippen molar-refractivity contribution in [1.29, 1.82) is 0 Å². The zero-order valence-corrected chi connectivity index (χ0v) is 13.7. The van der Waals surface area contributed by atoms with E-state index in [-0.39, 0.29) is 0 Å². The highest BCUT2D eigenvalue weighted by Gasteiger charge is 2.36. The van der Waals surface area contributed by atoms with Crippen LogP contribution in [0.2, 0.25) is 0 Å². The van der Waals surface area contributed by atoms with E-state index in [0.29, 0.717) is 5.92 Å². The van der Waals surface area contributed by atoms with Crippen LogP contribution in [0, 0.1) is 12.8 Å². The number of hydrogen-bond donors (Lipinski definition) is 1. The Kier molecular flexibility index (Phi) is 4.76. The van der Waals surface area contributed by atoms with Crippen LogP contribution < -0.4 is 5.32 Å². The minimum absolute atomic E-state index is 0.681. The maximum Gasteiger partial charge on any atom is 0.117 e. The van der Waals surface area contributed by atoms with Crippen LogP contribution in [-0.4, -0.2) is 11.5 Å². The number of furan rings is 1. The van der Waals surface area contributed by atoms with Gasteiger partial charge < -0.3 is 9.73 Å². The molecule has 2 atom stereocenters. The third-order valence-electron chi connectivity index (χ3n) is 4.12. The summed E-state index contributed by atoms with van der Waals surface area (Å²) in [6.45, 7) is 6.23. The van der Waals surface area contributed by atoms with E-state index in [1.54, 1.807) is 11.3 Å². The van der Waals surface area contributed by atoms with E-state index >= 15 is 0 Å². The predicted molar refractivity (Wildman–Crippen MR) is 86.7 cm³/mol. The average molecular weight is 304 g/mol. The fraction of sp³-hybridized carbons (Fsp3) is 0.588. The maximum absolute atomic E-state index is 5.89. The van der Waals surface area contributed by atoms with E-state index < -0.39 is 0 Å². The number of aromatic nitrogens is 1. The van der Waals surface area contributed by atoms with Crippen molar-refractivity contribution in [3.63, 3.8) is 0 Å². The molecule has 114 valence electrons. The van der Waals surface area contributed by atoms with Crippen molar-refractivity contribution in [2.45, 2.75) is 52.0 Å². The van der Waals surface area contributed by atoms with E-state index in [4.69, 9.17) is 4.42 Å². The van der Waals surface area contributed by atoms with Gasteiger partial charge in [-0.15, -0.1) is 11.3 Å². The van der Waals surface area contributed by atoms with Crippen LogP contribution in [0.5, 0.6) is 0 Å². The molecule has 0 radical (unpaired) electrons. The Morgan fingerprint density at radius 1 is 1.38 bits per heavy atom. The number of unbranched alkanes of at least 4 members (excludes halogenated alkanes) is 1. The zero-order chi connectivity index (χ0) is 14.7. The van der Waals surface area contributed by atoms with Gasteiger partial charge in [-0.25, -0.2) is 4.98 Å². The summed E-state index contributed by atoms with van der Waals surface area (Å²) in [5.74, 6) is 3.74. The third kappa shape index (κ3) is 4.17. The van der Waals surface area contributed by atoms with Crippen LogP contribution in [0.1, 0.15) is 54.3 Å². The lowest BCUT2D eigenvalue weighted by Gasteiger charge is -2.02. The van der Waals surface area contributed by atoms with Gasteiger partial charge in [0.15, 0.2) is 0 Å². The van der Waals surface area contributed by atoms with Gasteiger partial charge in [0.1, 0.15) is 11.5 Å². The summed E-state index contributed by atoms with van der Waals surface area (Å²) in [5.41, 5.74) is 1.15. The van der Waals surface area contributed by atoms with Crippen LogP contribution in [-0.2, 0) is 13.0 Å². The van der Waals surface area contributed by atoms with Gasteiger partial charge in [0.25, 0.3) is 0 Å². The second-order valence-electron chi connectivity index (χ2n) is 6.14. The molecule has 21 heavy (non-hydrogen) atoms. The van der Waals surface area contributed by atoms with Crippen molar-refractivity contribution < 1.29 is 4.42 Å². The molecule has 0 saturated heterocycles. The first-order valence-corrected chi connectivity index (χ1v) is 8.80. The van der Waals surface area contributed by atoms with Gasteiger partial charge in [-0.3, -0.25) is 0 Å². The van der Waals surface area contributed by atoms with Gasteiger partial charge in [-0.05, 0) is 57.2 Å². The monoisotopic (exact) mass is 304 g/mol. The Morgan fingerprint density at radius 2 is 2.24 bits per heavy atom. The van der Waals surface area contributed by atoms with Crippen LogP contribution in [0.4, 0.5) is 0 Å². The molecule has 1 N–H and O–H groups in total. The van der Waals surface area contributed by atoms with Crippen LogP contribution in [0.25, 0.3) is 0 Å². The lowest BCUT2D eigenvalue weighted by atomic mass is 10.2. The molecular weight excluding hydrogens is 280 g/mol. The summed E-state index contributed by atoms with van der Waals surface area (Å²) >= 11 is 1.78. The highest BCUT2D eigenvalue weighted by molar-refractivity contribution is 7.09. The Bertz CT molecular complexity index is 575. The second kappa shape index (κ2) is 6.75. The molecule has 2 heterocycles. The zero-order valence-electron chi connectivity index (χ0n) is 12.9. The number of hydrogen-bond acceptors (Lipinski definition) is 4.